The summed E-state index contributed by atoms with van der Waals surface area (Å²) in [7, 11) is 0. The third-order valence-corrected chi connectivity index (χ3v) is 3.64. The smallest absolute Gasteiger partial charge is 0.224 e. The maximum absolute atomic E-state index is 12.1. The van der Waals surface area contributed by atoms with Crippen molar-refractivity contribution < 1.29 is 4.79 Å². The van der Waals surface area contributed by atoms with Gasteiger partial charge in [0.1, 0.15) is 6.33 Å². The zero-order valence-electron chi connectivity index (χ0n) is 11.8. The SMILES string of the molecule is O=C1CC(NCc2cncnc2)CN1Cc1ccccc1. The first-order valence-corrected chi connectivity index (χ1v) is 7.10. The van der Waals surface area contributed by atoms with Crippen LogP contribution in [-0.4, -0.2) is 33.4 Å². The van der Waals surface area contributed by atoms with Crippen LogP contribution >= 0.6 is 0 Å². The summed E-state index contributed by atoms with van der Waals surface area (Å²) in [5.41, 5.74) is 2.20. The molecule has 2 heterocycles. The van der Waals surface area contributed by atoms with Gasteiger partial charge in [-0.05, 0) is 5.56 Å². The average Bonchev–Trinajstić information content (AvgIpc) is 2.87. The van der Waals surface area contributed by atoms with Crippen LogP contribution in [0.3, 0.4) is 0 Å². The Balaban J connectivity index is 1.53. The number of nitrogens with one attached hydrogen (secondary N) is 1. The van der Waals surface area contributed by atoms with E-state index in [2.05, 4.69) is 27.4 Å². The lowest BCUT2D eigenvalue weighted by molar-refractivity contribution is -0.128. The maximum atomic E-state index is 12.1. The number of benzene rings is 1. The summed E-state index contributed by atoms with van der Waals surface area (Å²) in [6, 6.07) is 10.3. The first-order chi connectivity index (χ1) is 10.3. The van der Waals surface area contributed by atoms with Gasteiger partial charge in [-0.15, -0.1) is 0 Å². The molecule has 108 valence electrons. The average molecular weight is 282 g/mol. The number of likely N-dealkylation sites (tertiary alicyclic amines) is 1. The first kappa shape index (κ1) is 13.7. The minimum absolute atomic E-state index is 0.196. The van der Waals surface area contributed by atoms with Gasteiger partial charge in [-0.3, -0.25) is 4.79 Å². The Morgan fingerprint density at radius 3 is 2.67 bits per heavy atom. The van der Waals surface area contributed by atoms with E-state index in [1.54, 1.807) is 12.4 Å². The Morgan fingerprint density at radius 2 is 1.90 bits per heavy atom. The summed E-state index contributed by atoms with van der Waals surface area (Å²) in [6.07, 6.45) is 5.65. The van der Waals surface area contributed by atoms with Crippen molar-refractivity contribution in [2.24, 2.45) is 0 Å². The third-order valence-electron chi connectivity index (χ3n) is 3.64. The number of carbonyl (C=O) groups excluding carboxylic acids is 1. The van der Waals surface area contributed by atoms with Crippen molar-refractivity contribution in [2.75, 3.05) is 6.54 Å². The third kappa shape index (κ3) is 3.64. The zero-order chi connectivity index (χ0) is 14.5. The number of nitrogens with zero attached hydrogens (tertiary/aromatic N) is 3. The number of aromatic nitrogens is 2. The van der Waals surface area contributed by atoms with E-state index < -0.39 is 0 Å². The summed E-state index contributed by atoms with van der Waals surface area (Å²) in [5.74, 6) is 0.209. The highest BCUT2D eigenvalue weighted by Gasteiger charge is 2.28. The molecule has 0 saturated carbocycles. The molecular weight excluding hydrogens is 264 g/mol. The molecule has 1 aliphatic heterocycles. The largest absolute Gasteiger partial charge is 0.337 e. The molecule has 0 radical (unpaired) electrons. The van der Waals surface area contributed by atoms with E-state index in [-0.39, 0.29) is 11.9 Å². The summed E-state index contributed by atoms with van der Waals surface area (Å²) in [5, 5.41) is 3.40. The van der Waals surface area contributed by atoms with Crippen molar-refractivity contribution in [3.63, 3.8) is 0 Å². The Hall–Kier alpha value is -2.27. The Bertz CT molecular complexity index is 588. The van der Waals surface area contributed by atoms with Crippen LogP contribution in [0.25, 0.3) is 0 Å². The van der Waals surface area contributed by atoms with Crippen LogP contribution in [0.5, 0.6) is 0 Å². The molecule has 1 aromatic heterocycles. The fourth-order valence-corrected chi connectivity index (χ4v) is 2.55. The van der Waals surface area contributed by atoms with E-state index in [1.165, 1.54) is 11.9 Å². The molecule has 1 aliphatic rings. The lowest BCUT2D eigenvalue weighted by atomic mass is 10.2. The number of rotatable bonds is 5. The number of amides is 1. The first-order valence-electron chi connectivity index (χ1n) is 7.10. The fourth-order valence-electron chi connectivity index (χ4n) is 2.55. The van der Waals surface area contributed by atoms with Gasteiger partial charge in [-0.2, -0.15) is 0 Å². The quantitative estimate of drug-likeness (QED) is 0.900. The van der Waals surface area contributed by atoms with Crippen molar-refractivity contribution in [3.8, 4) is 0 Å². The van der Waals surface area contributed by atoms with E-state index >= 15 is 0 Å². The molecule has 1 N–H and O–H groups in total. The van der Waals surface area contributed by atoms with Crippen molar-refractivity contribution in [2.45, 2.75) is 25.6 Å². The van der Waals surface area contributed by atoms with Crippen LogP contribution in [0.1, 0.15) is 17.5 Å². The van der Waals surface area contributed by atoms with Crippen molar-refractivity contribution in [1.29, 1.82) is 0 Å². The van der Waals surface area contributed by atoms with Gasteiger partial charge in [-0.25, -0.2) is 9.97 Å². The van der Waals surface area contributed by atoms with Gasteiger partial charge in [-0.1, -0.05) is 30.3 Å². The van der Waals surface area contributed by atoms with Crippen LogP contribution in [0, 0.1) is 0 Å². The number of hydrogen-bond acceptors (Lipinski definition) is 4. The molecule has 3 rings (SSSR count). The highest BCUT2D eigenvalue weighted by atomic mass is 16.2. The number of carbonyl (C=O) groups is 1. The zero-order valence-corrected chi connectivity index (χ0v) is 11.8. The Morgan fingerprint density at radius 1 is 1.14 bits per heavy atom. The highest BCUT2D eigenvalue weighted by Crippen LogP contribution is 2.15. The topological polar surface area (TPSA) is 58.1 Å². The van der Waals surface area contributed by atoms with Gasteiger partial charge in [0.15, 0.2) is 0 Å². The summed E-state index contributed by atoms with van der Waals surface area (Å²) >= 11 is 0. The van der Waals surface area contributed by atoms with Gasteiger partial charge in [0, 0.05) is 50.1 Å². The molecule has 1 aromatic carbocycles. The summed E-state index contributed by atoms with van der Waals surface area (Å²) < 4.78 is 0. The molecule has 1 fully saturated rings. The molecule has 2 aromatic rings. The van der Waals surface area contributed by atoms with Crippen molar-refractivity contribution >= 4 is 5.91 Å². The van der Waals surface area contributed by atoms with Gasteiger partial charge in [0.05, 0.1) is 0 Å². The molecular formula is C16H18N4O. The minimum atomic E-state index is 0.196. The van der Waals surface area contributed by atoms with Crippen LogP contribution in [0.15, 0.2) is 49.1 Å². The van der Waals surface area contributed by atoms with Gasteiger partial charge >= 0.3 is 0 Å². The second-order valence-electron chi connectivity index (χ2n) is 5.29. The monoisotopic (exact) mass is 282 g/mol. The maximum Gasteiger partial charge on any atom is 0.224 e. The standard InChI is InChI=1S/C16H18N4O/c21-16-6-15(19-9-14-7-17-12-18-8-14)11-20(16)10-13-4-2-1-3-5-13/h1-5,7-8,12,15,19H,6,9-11H2. The molecule has 0 spiro atoms. The van der Waals surface area contributed by atoms with Crippen molar-refractivity contribution in [3.05, 3.63) is 60.2 Å². The van der Waals surface area contributed by atoms with Crippen LogP contribution in [0.4, 0.5) is 0 Å². The molecule has 0 aliphatic carbocycles. The highest BCUT2D eigenvalue weighted by molar-refractivity contribution is 5.79. The van der Waals surface area contributed by atoms with Gasteiger partial charge < -0.3 is 10.2 Å². The molecule has 1 unspecified atom stereocenters. The molecule has 1 amide bonds. The second-order valence-corrected chi connectivity index (χ2v) is 5.29. The predicted octanol–water partition coefficient (Wildman–Crippen LogP) is 1.37. The molecule has 5 heteroatoms. The summed E-state index contributed by atoms with van der Waals surface area (Å²) in [4.78, 5) is 21.9. The normalized spacial score (nSPS) is 18.2. The Labute approximate surface area is 124 Å². The summed E-state index contributed by atoms with van der Waals surface area (Å²) in [6.45, 7) is 2.13. The van der Waals surface area contributed by atoms with Crippen LogP contribution in [0.2, 0.25) is 0 Å². The molecule has 0 bridgehead atoms. The van der Waals surface area contributed by atoms with E-state index in [0.717, 1.165) is 12.1 Å². The molecule has 1 saturated heterocycles. The van der Waals surface area contributed by atoms with E-state index in [4.69, 9.17) is 0 Å². The van der Waals surface area contributed by atoms with E-state index in [1.807, 2.05) is 23.1 Å². The van der Waals surface area contributed by atoms with Gasteiger partial charge in [0.2, 0.25) is 5.91 Å². The molecule has 5 nitrogen and oxygen atoms in total. The van der Waals surface area contributed by atoms with Crippen LogP contribution < -0.4 is 5.32 Å². The second kappa shape index (κ2) is 6.45. The van der Waals surface area contributed by atoms with Gasteiger partial charge in [0.25, 0.3) is 0 Å². The van der Waals surface area contributed by atoms with E-state index in [9.17, 15) is 4.79 Å². The molecule has 21 heavy (non-hydrogen) atoms. The molecule has 1 atom stereocenters. The predicted molar refractivity (Wildman–Crippen MR) is 79.1 cm³/mol. The van der Waals surface area contributed by atoms with Crippen LogP contribution in [-0.2, 0) is 17.9 Å². The minimum Gasteiger partial charge on any atom is -0.337 e. The lowest BCUT2D eigenvalue weighted by Gasteiger charge is -2.17. The Kier molecular flexibility index (Phi) is 4.21. The fraction of sp³-hybridized carbons (Fsp3) is 0.312. The number of hydrogen-bond donors (Lipinski definition) is 1. The lowest BCUT2D eigenvalue weighted by Crippen LogP contribution is -2.32. The van der Waals surface area contributed by atoms with Crippen molar-refractivity contribution in [1.82, 2.24) is 20.2 Å². The van der Waals surface area contributed by atoms with E-state index in [0.29, 0.717) is 19.5 Å².